The molecule has 0 amide bonds. The zero-order valence-electron chi connectivity index (χ0n) is 10.9. The lowest BCUT2D eigenvalue weighted by molar-refractivity contribution is 0.103. The van der Waals surface area contributed by atoms with Crippen LogP contribution in [-0.2, 0) is 0 Å². The molecule has 1 fully saturated rings. The Labute approximate surface area is 137 Å². The first-order chi connectivity index (χ1) is 9.65. The second-order valence-electron chi connectivity index (χ2n) is 5.21. The van der Waals surface area contributed by atoms with E-state index in [-0.39, 0.29) is 5.78 Å². The fourth-order valence-electron chi connectivity index (χ4n) is 2.48. The average Bonchev–Trinajstić information content (AvgIpc) is 2.39. The molecule has 1 aliphatic carbocycles. The SMILES string of the molecule is O=C(c1cccc(C2CCC2)c1)c1ccc(I)c(Cl)c1. The Hall–Kier alpha value is -0.870. The Balaban J connectivity index is 1.91. The third kappa shape index (κ3) is 2.77. The van der Waals surface area contributed by atoms with Crippen molar-refractivity contribution in [2.75, 3.05) is 0 Å². The van der Waals surface area contributed by atoms with Gasteiger partial charge in [-0.25, -0.2) is 0 Å². The maximum atomic E-state index is 12.5. The first-order valence-electron chi connectivity index (χ1n) is 6.75. The van der Waals surface area contributed by atoms with Gasteiger partial charge >= 0.3 is 0 Å². The van der Waals surface area contributed by atoms with Crippen molar-refractivity contribution in [1.29, 1.82) is 0 Å². The third-order valence-electron chi connectivity index (χ3n) is 3.91. The van der Waals surface area contributed by atoms with Crippen LogP contribution in [0.4, 0.5) is 0 Å². The molecule has 3 rings (SSSR count). The number of rotatable bonds is 3. The van der Waals surface area contributed by atoms with Gasteiger partial charge in [-0.3, -0.25) is 4.79 Å². The van der Waals surface area contributed by atoms with Gasteiger partial charge in [0.2, 0.25) is 0 Å². The van der Waals surface area contributed by atoms with Crippen molar-refractivity contribution in [3.05, 3.63) is 67.7 Å². The predicted molar refractivity (Wildman–Crippen MR) is 90.6 cm³/mol. The molecule has 1 aliphatic rings. The molecule has 0 N–H and O–H groups in total. The Bertz CT molecular complexity index is 662. The molecule has 0 heterocycles. The summed E-state index contributed by atoms with van der Waals surface area (Å²) < 4.78 is 0.962. The van der Waals surface area contributed by atoms with E-state index in [9.17, 15) is 4.79 Å². The standard InChI is InChI=1S/C17H14ClIO/c18-15-10-14(7-8-16(15)19)17(20)13-6-2-5-12(9-13)11-3-1-4-11/h2,5-11H,1,3-4H2. The summed E-state index contributed by atoms with van der Waals surface area (Å²) in [6.07, 6.45) is 3.79. The van der Waals surface area contributed by atoms with Crippen LogP contribution in [0.2, 0.25) is 5.02 Å². The van der Waals surface area contributed by atoms with Gasteiger partial charge in [0.1, 0.15) is 0 Å². The highest BCUT2D eigenvalue weighted by Crippen LogP contribution is 2.36. The van der Waals surface area contributed by atoms with Crippen LogP contribution in [0.25, 0.3) is 0 Å². The molecule has 0 spiro atoms. The van der Waals surface area contributed by atoms with Crippen LogP contribution in [-0.4, -0.2) is 5.78 Å². The fourth-order valence-corrected chi connectivity index (χ4v) is 3.00. The Kier molecular flexibility index (Phi) is 4.13. The van der Waals surface area contributed by atoms with Crippen molar-refractivity contribution in [2.24, 2.45) is 0 Å². The lowest BCUT2D eigenvalue weighted by Crippen LogP contribution is -2.10. The van der Waals surface area contributed by atoms with E-state index >= 15 is 0 Å². The Morgan fingerprint density at radius 1 is 1.10 bits per heavy atom. The summed E-state index contributed by atoms with van der Waals surface area (Å²) in [6, 6.07) is 13.5. The van der Waals surface area contributed by atoms with E-state index in [2.05, 4.69) is 28.7 Å². The lowest BCUT2D eigenvalue weighted by Gasteiger charge is -2.26. The van der Waals surface area contributed by atoms with Gasteiger partial charge in [0.25, 0.3) is 0 Å². The maximum absolute atomic E-state index is 12.5. The van der Waals surface area contributed by atoms with Gasteiger partial charge in [-0.05, 0) is 71.2 Å². The molecule has 0 bridgehead atoms. The number of benzene rings is 2. The molecule has 20 heavy (non-hydrogen) atoms. The summed E-state index contributed by atoms with van der Waals surface area (Å²) in [5.41, 5.74) is 2.70. The van der Waals surface area contributed by atoms with Gasteiger partial charge < -0.3 is 0 Å². The van der Waals surface area contributed by atoms with Crippen molar-refractivity contribution < 1.29 is 4.79 Å². The van der Waals surface area contributed by atoms with Gasteiger partial charge in [0.15, 0.2) is 5.78 Å². The van der Waals surface area contributed by atoms with Gasteiger partial charge in [-0.2, -0.15) is 0 Å². The number of ketones is 1. The molecule has 1 saturated carbocycles. The summed E-state index contributed by atoms with van der Waals surface area (Å²) in [4.78, 5) is 12.5. The number of halogens is 2. The highest BCUT2D eigenvalue weighted by Gasteiger charge is 2.20. The molecule has 0 atom stereocenters. The molecule has 0 unspecified atom stereocenters. The second kappa shape index (κ2) is 5.86. The van der Waals surface area contributed by atoms with E-state index in [1.165, 1.54) is 24.8 Å². The van der Waals surface area contributed by atoms with Crippen molar-refractivity contribution >= 4 is 40.0 Å². The molecule has 1 nitrogen and oxygen atoms in total. The minimum absolute atomic E-state index is 0.0458. The molecule has 3 heteroatoms. The zero-order valence-corrected chi connectivity index (χ0v) is 13.8. The van der Waals surface area contributed by atoms with E-state index in [1.54, 1.807) is 6.07 Å². The van der Waals surface area contributed by atoms with Crippen LogP contribution in [0, 0.1) is 3.57 Å². The minimum atomic E-state index is 0.0458. The van der Waals surface area contributed by atoms with Crippen molar-refractivity contribution in [2.45, 2.75) is 25.2 Å². The molecule has 0 saturated heterocycles. The molecule has 102 valence electrons. The fraction of sp³-hybridized carbons (Fsp3) is 0.235. The van der Waals surface area contributed by atoms with Gasteiger partial charge in [-0.15, -0.1) is 0 Å². The smallest absolute Gasteiger partial charge is 0.193 e. The van der Waals surface area contributed by atoms with Crippen LogP contribution in [0.5, 0.6) is 0 Å². The predicted octanol–water partition coefficient (Wildman–Crippen LogP) is 5.44. The largest absolute Gasteiger partial charge is 0.289 e. The van der Waals surface area contributed by atoms with Crippen LogP contribution in [0.15, 0.2) is 42.5 Å². The molecule has 2 aromatic carbocycles. The molecular weight excluding hydrogens is 383 g/mol. The lowest BCUT2D eigenvalue weighted by atomic mass is 9.79. The molecule has 2 aromatic rings. The van der Waals surface area contributed by atoms with Crippen LogP contribution >= 0.6 is 34.2 Å². The number of carbonyl (C=O) groups excluding carboxylic acids is 1. The van der Waals surface area contributed by atoms with Crippen molar-refractivity contribution in [3.63, 3.8) is 0 Å². The average molecular weight is 397 g/mol. The first kappa shape index (κ1) is 14.1. The van der Waals surface area contributed by atoms with Gasteiger partial charge in [0.05, 0.1) is 5.02 Å². The minimum Gasteiger partial charge on any atom is -0.289 e. The number of carbonyl (C=O) groups is 1. The number of hydrogen-bond donors (Lipinski definition) is 0. The first-order valence-corrected chi connectivity index (χ1v) is 8.20. The number of hydrogen-bond acceptors (Lipinski definition) is 1. The van der Waals surface area contributed by atoms with E-state index in [0.717, 1.165) is 9.13 Å². The van der Waals surface area contributed by atoms with Crippen molar-refractivity contribution in [3.8, 4) is 0 Å². The maximum Gasteiger partial charge on any atom is 0.193 e. The summed E-state index contributed by atoms with van der Waals surface area (Å²) in [6.45, 7) is 0. The monoisotopic (exact) mass is 396 g/mol. The van der Waals surface area contributed by atoms with Gasteiger partial charge in [0, 0.05) is 14.7 Å². The third-order valence-corrected chi connectivity index (χ3v) is 5.48. The summed E-state index contributed by atoms with van der Waals surface area (Å²) >= 11 is 8.26. The highest BCUT2D eigenvalue weighted by atomic mass is 127. The summed E-state index contributed by atoms with van der Waals surface area (Å²) in [7, 11) is 0. The van der Waals surface area contributed by atoms with E-state index in [0.29, 0.717) is 16.5 Å². The van der Waals surface area contributed by atoms with Crippen LogP contribution in [0.1, 0.15) is 46.7 Å². The summed E-state index contributed by atoms with van der Waals surface area (Å²) in [5, 5.41) is 0.631. The Morgan fingerprint density at radius 2 is 1.85 bits per heavy atom. The highest BCUT2D eigenvalue weighted by molar-refractivity contribution is 14.1. The van der Waals surface area contributed by atoms with E-state index in [4.69, 9.17) is 11.6 Å². The topological polar surface area (TPSA) is 17.1 Å². The van der Waals surface area contributed by atoms with E-state index in [1.807, 2.05) is 30.3 Å². The normalized spacial score (nSPS) is 14.9. The van der Waals surface area contributed by atoms with Crippen LogP contribution in [0.3, 0.4) is 0 Å². The van der Waals surface area contributed by atoms with E-state index < -0.39 is 0 Å². The molecule has 0 aliphatic heterocycles. The summed E-state index contributed by atoms with van der Waals surface area (Å²) in [5.74, 6) is 0.688. The molecule has 0 aromatic heterocycles. The second-order valence-corrected chi connectivity index (χ2v) is 6.78. The molecule has 0 radical (unpaired) electrons. The zero-order chi connectivity index (χ0) is 14.1. The van der Waals surface area contributed by atoms with Crippen molar-refractivity contribution in [1.82, 2.24) is 0 Å². The van der Waals surface area contributed by atoms with Gasteiger partial charge in [-0.1, -0.05) is 36.2 Å². The quantitative estimate of drug-likeness (QED) is 0.498. The molecular formula is C17H14ClIO. The van der Waals surface area contributed by atoms with Crippen LogP contribution < -0.4 is 0 Å². The Morgan fingerprint density at radius 3 is 2.50 bits per heavy atom.